The predicted octanol–water partition coefficient (Wildman–Crippen LogP) is 3.26. The SMILES string of the molecule is CCCn1ccnc1CC(NCC)C(OCC)C(C)(C)C. The molecule has 0 spiro atoms. The zero-order valence-electron chi connectivity index (χ0n) is 14.6. The summed E-state index contributed by atoms with van der Waals surface area (Å²) >= 11 is 0. The van der Waals surface area contributed by atoms with E-state index < -0.39 is 0 Å². The quantitative estimate of drug-likeness (QED) is 0.760. The summed E-state index contributed by atoms with van der Waals surface area (Å²) in [6, 6.07) is 0.285. The lowest BCUT2D eigenvalue weighted by atomic mass is 9.83. The predicted molar refractivity (Wildman–Crippen MR) is 88.6 cm³/mol. The van der Waals surface area contributed by atoms with Crippen molar-refractivity contribution in [3.63, 3.8) is 0 Å². The molecule has 0 fully saturated rings. The summed E-state index contributed by atoms with van der Waals surface area (Å²) in [5.74, 6) is 1.15. The van der Waals surface area contributed by atoms with Gasteiger partial charge in [-0.05, 0) is 25.3 Å². The third-order valence-electron chi connectivity index (χ3n) is 3.70. The lowest BCUT2D eigenvalue weighted by Gasteiger charge is -2.37. The Hall–Kier alpha value is -0.870. The first-order valence-corrected chi connectivity index (χ1v) is 8.28. The molecular weight excluding hydrogens is 262 g/mol. The summed E-state index contributed by atoms with van der Waals surface area (Å²) in [6.07, 6.45) is 6.19. The van der Waals surface area contributed by atoms with Gasteiger partial charge in [0.05, 0.1) is 6.10 Å². The Morgan fingerprint density at radius 2 is 2.00 bits per heavy atom. The van der Waals surface area contributed by atoms with E-state index in [0.717, 1.165) is 38.4 Å². The molecule has 1 aromatic rings. The molecule has 1 rings (SSSR count). The smallest absolute Gasteiger partial charge is 0.110 e. The van der Waals surface area contributed by atoms with Crippen molar-refractivity contribution < 1.29 is 4.74 Å². The molecule has 2 atom stereocenters. The molecule has 0 saturated carbocycles. The molecule has 122 valence electrons. The van der Waals surface area contributed by atoms with Crippen molar-refractivity contribution in [1.82, 2.24) is 14.9 Å². The third kappa shape index (κ3) is 5.44. The van der Waals surface area contributed by atoms with Gasteiger partial charge < -0.3 is 14.6 Å². The number of hydrogen-bond donors (Lipinski definition) is 1. The number of nitrogens with zero attached hydrogens (tertiary/aromatic N) is 2. The third-order valence-corrected chi connectivity index (χ3v) is 3.70. The highest BCUT2D eigenvalue weighted by molar-refractivity contribution is 4.99. The molecule has 4 nitrogen and oxygen atoms in total. The molecule has 21 heavy (non-hydrogen) atoms. The zero-order chi connectivity index (χ0) is 15.9. The van der Waals surface area contributed by atoms with Crippen LogP contribution >= 0.6 is 0 Å². The van der Waals surface area contributed by atoms with E-state index in [9.17, 15) is 0 Å². The number of nitrogens with one attached hydrogen (secondary N) is 1. The molecule has 2 unspecified atom stereocenters. The molecule has 0 bridgehead atoms. The average molecular weight is 295 g/mol. The molecule has 0 aromatic carbocycles. The molecule has 4 heteroatoms. The summed E-state index contributed by atoms with van der Waals surface area (Å²) in [4.78, 5) is 4.55. The maximum atomic E-state index is 6.07. The summed E-state index contributed by atoms with van der Waals surface area (Å²) < 4.78 is 8.33. The molecule has 1 heterocycles. The topological polar surface area (TPSA) is 39.1 Å². The van der Waals surface area contributed by atoms with Crippen LogP contribution in [0.25, 0.3) is 0 Å². The minimum Gasteiger partial charge on any atom is -0.376 e. The van der Waals surface area contributed by atoms with Gasteiger partial charge in [-0.2, -0.15) is 0 Å². The van der Waals surface area contributed by atoms with E-state index in [1.54, 1.807) is 0 Å². The Balaban J connectivity index is 2.91. The van der Waals surface area contributed by atoms with Gasteiger partial charge >= 0.3 is 0 Å². The van der Waals surface area contributed by atoms with Crippen LogP contribution in [0.1, 0.15) is 53.8 Å². The van der Waals surface area contributed by atoms with Crippen molar-refractivity contribution in [3.05, 3.63) is 18.2 Å². The van der Waals surface area contributed by atoms with E-state index in [-0.39, 0.29) is 17.6 Å². The lowest BCUT2D eigenvalue weighted by Crippen LogP contribution is -2.49. The maximum absolute atomic E-state index is 6.07. The second-order valence-electron chi connectivity index (χ2n) is 6.65. The largest absolute Gasteiger partial charge is 0.376 e. The highest BCUT2D eigenvalue weighted by Crippen LogP contribution is 2.26. The van der Waals surface area contributed by atoms with E-state index in [4.69, 9.17) is 4.74 Å². The Kier molecular flexibility index (Phi) is 7.40. The summed E-state index contributed by atoms with van der Waals surface area (Å²) in [6.45, 7) is 15.9. The highest BCUT2D eigenvalue weighted by atomic mass is 16.5. The van der Waals surface area contributed by atoms with Gasteiger partial charge in [-0.3, -0.25) is 0 Å². The van der Waals surface area contributed by atoms with Crippen LogP contribution in [0.5, 0.6) is 0 Å². The standard InChI is InChI=1S/C17H33N3O/c1-7-11-20-12-10-19-15(20)13-14(18-8-2)16(21-9-3)17(4,5)6/h10,12,14,16,18H,7-9,11,13H2,1-6H3. The molecule has 0 saturated heterocycles. The van der Waals surface area contributed by atoms with Gasteiger partial charge in [-0.15, -0.1) is 0 Å². The van der Waals surface area contributed by atoms with E-state index in [2.05, 4.69) is 62.6 Å². The van der Waals surface area contributed by atoms with Gasteiger partial charge in [0.15, 0.2) is 0 Å². The highest BCUT2D eigenvalue weighted by Gasteiger charge is 2.33. The number of rotatable bonds is 9. The van der Waals surface area contributed by atoms with Gasteiger partial charge in [0.2, 0.25) is 0 Å². The van der Waals surface area contributed by atoms with Crippen LogP contribution in [-0.4, -0.2) is 34.8 Å². The van der Waals surface area contributed by atoms with Gasteiger partial charge in [0.25, 0.3) is 0 Å². The van der Waals surface area contributed by atoms with Crippen molar-refractivity contribution in [2.45, 2.75) is 73.1 Å². The molecule has 0 radical (unpaired) electrons. The van der Waals surface area contributed by atoms with Crippen LogP contribution in [0.2, 0.25) is 0 Å². The van der Waals surface area contributed by atoms with E-state index >= 15 is 0 Å². The monoisotopic (exact) mass is 295 g/mol. The van der Waals surface area contributed by atoms with Crippen molar-refractivity contribution in [1.29, 1.82) is 0 Å². The van der Waals surface area contributed by atoms with Crippen molar-refractivity contribution >= 4 is 0 Å². The Labute approximate surface area is 130 Å². The fraction of sp³-hybridized carbons (Fsp3) is 0.824. The van der Waals surface area contributed by atoms with Crippen LogP contribution in [0.15, 0.2) is 12.4 Å². The molecule has 0 aliphatic rings. The minimum atomic E-state index is 0.102. The molecule has 1 N–H and O–H groups in total. The average Bonchev–Trinajstić information content (AvgIpc) is 2.82. The number of aryl methyl sites for hydroxylation is 1. The molecule has 0 amide bonds. The second kappa shape index (κ2) is 8.54. The van der Waals surface area contributed by atoms with Crippen LogP contribution < -0.4 is 5.32 Å². The molecular formula is C17H33N3O. The van der Waals surface area contributed by atoms with Crippen LogP contribution in [0.3, 0.4) is 0 Å². The lowest BCUT2D eigenvalue weighted by molar-refractivity contribution is -0.0357. The van der Waals surface area contributed by atoms with Gasteiger partial charge in [0.1, 0.15) is 5.82 Å². The van der Waals surface area contributed by atoms with Gasteiger partial charge in [-0.25, -0.2) is 4.98 Å². The Morgan fingerprint density at radius 1 is 1.29 bits per heavy atom. The van der Waals surface area contributed by atoms with Crippen LogP contribution in [0.4, 0.5) is 0 Å². The normalized spacial score (nSPS) is 15.1. The summed E-state index contributed by atoms with van der Waals surface area (Å²) in [5, 5.41) is 3.60. The number of imidazole rings is 1. The maximum Gasteiger partial charge on any atom is 0.110 e. The molecule has 1 aromatic heterocycles. The van der Waals surface area contributed by atoms with Crippen LogP contribution in [0, 0.1) is 5.41 Å². The first-order chi connectivity index (χ1) is 9.93. The van der Waals surface area contributed by atoms with Crippen LogP contribution in [-0.2, 0) is 17.7 Å². The van der Waals surface area contributed by atoms with E-state index in [0.29, 0.717) is 0 Å². The number of ether oxygens (including phenoxy) is 1. The summed E-state index contributed by atoms with van der Waals surface area (Å²) in [5.41, 5.74) is 0.102. The zero-order valence-corrected chi connectivity index (χ0v) is 14.6. The molecule has 0 aliphatic carbocycles. The number of aromatic nitrogens is 2. The number of likely N-dealkylation sites (N-methyl/N-ethyl adjacent to an activating group) is 1. The van der Waals surface area contributed by atoms with Crippen molar-refractivity contribution in [2.75, 3.05) is 13.2 Å². The van der Waals surface area contributed by atoms with Crippen molar-refractivity contribution in [3.8, 4) is 0 Å². The fourth-order valence-corrected chi connectivity index (χ4v) is 2.87. The van der Waals surface area contributed by atoms with E-state index in [1.165, 1.54) is 0 Å². The first kappa shape index (κ1) is 18.2. The molecule has 0 aliphatic heterocycles. The first-order valence-electron chi connectivity index (χ1n) is 8.28. The van der Waals surface area contributed by atoms with Gasteiger partial charge in [0, 0.05) is 38.0 Å². The minimum absolute atomic E-state index is 0.102. The second-order valence-corrected chi connectivity index (χ2v) is 6.65. The Morgan fingerprint density at radius 3 is 2.52 bits per heavy atom. The number of hydrogen-bond acceptors (Lipinski definition) is 3. The van der Waals surface area contributed by atoms with Crippen molar-refractivity contribution in [2.24, 2.45) is 5.41 Å². The van der Waals surface area contributed by atoms with E-state index in [1.807, 2.05) is 6.20 Å². The summed E-state index contributed by atoms with van der Waals surface area (Å²) in [7, 11) is 0. The van der Waals surface area contributed by atoms with Gasteiger partial charge in [-0.1, -0.05) is 34.6 Å². The fourth-order valence-electron chi connectivity index (χ4n) is 2.87. The Bertz CT molecular complexity index is 395.